The van der Waals surface area contributed by atoms with Crippen molar-refractivity contribution < 1.29 is 9.47 Å². The summed E-state index contributed by atoms with van der Waals surface area (Å²) in [7, 11) is 0. The van der Waals surface area contributed by atoms with Crippen molar-refractivity contribution in [3.8, 4) is 22.9 Å². The first kappa shape index (κ1) is 20.1. The average molecular weight is 428 g/mol. The SMILES string of the molecule is c1ccc(CCCOc2cc(OCC3=NCCN3)cc(-c3nc4cccnc4[nH]3)c2)cc1. The average Bonchev–Trinajstić information content (AvgIpc) is 3.51. The lowest BCUT2D eigenvalue weighted by Gasteiger charge is -2.12. The van der Waals surface area contributed by atoms with Gasteiger partial charge in [-0.1, -0.05) is 30.3 Å². The summed E-state index contributed by atoms with van der Waals surface area (Å²) in [6.45, 7) is 2.67. The van der Waals surface area contributed by atoms with E-state index >= 15 is 0 Å². The molecular formula is C25H25N5O2. The largest absolute Gasteiger partial charge is 0.493 e. The third-order valence-corrected chi connectivity index (χ3v) is 5.25. The van der Waals surface area contributed by atoms with Gasteiger partial charge >= 0.3 is 0 Å². The number of hydrogen-bond donors (Lipinski definition) is 2. The Morgan fingerprint density at radius 1 is 0.938 bits per heavy atom. The van der Waals surface area contributed by atoms with E-state index in [-0.39, 0.29) is 0 Å². The van der Waals surface area contributed by atoms with Crippen molar-refractivity contribution in [2.75, 3.05) is 26.3 Å². The molecule has 2 aromatic heterocycles. The number of H-pyrrole nitrogens is 1. The molecule has 0 amide bonds. The molecule has 162 valence electrons. The molecule has 4 aromatic rings. The van der Waals surface area contributed by atoms with Gasteiger partial charge < -0.3 is 19.8 Å². The molecule has 5 rings (SSSR count). The Balaban J connectivity index is 1.33. The maximum absolute atomic E-state index is 6.09. The molecule has 0 bridgehead atoms. The van der Waals surface area contributed by atoms with Gasteiger partial charge in [-0.05, 0) is 42.7 Å². The minimum atomic E-state index is 0.401. The van der Waals surface area contributed by atoms with E-state index in [2.05, 4.69) is 49.5 Å². The summed E-state index contributed by atoms with van der Waals surface area (Å²) >= 11 is 0. The maximum Gasteiger partial charge on any atom is 0.157 e. The molecular weight excluding hydrogens is 402 g/mol. The van der Waals surface area contributed by atoms with Crippen LogP contribution in [0.25, 0.3) is 22.6 Å². The monoisotopic (exact) mass is 427 g/mol. The number of ether oxygens (including phenoxy) is 2. The molecule has 0 fully saturated rings. The van der Waals surface area contributed by atoms with E-state index in [4.69, 9.17) is 9.47 Å². The number of nitrogens with zero attached hydrogens (tertiary/aromatic N) is 3. The van der Waals surface area contributed by atoms with Crippen LogP contribution in [0.1, 0.15) is 12.0 Å². The number of rotatable bonds is 9. The van der Waals surface area contributed by atoms with Crippen molar-refractivity contribution in [1.29, 1.82) is 0 Å². The van der Waals surface area contributed by atoms with Crippen molar-refractivity contribution in [2.45, 2.75) is 12.8 Å². The van der Waals surface area contributed by atoms with Crippen LogP contribution in [-0.4, -0.2) is 47.1 Å². The fraction of sp³-hybridized carbons (Fsp3) is 0.240. The molecule has 2 N–H and O–H groups in total. The molecule has 0 spiro atoms. The van der Waals surface area contributed by atoms with Gasteiger partial charge in [0.05, 0.1) is 13.2 Å². The standard InChI is InChI=1S/C25H25N5O2/c1-2-6-18(7-3-1)8-5-13-31-20-14-19(24-29-22-9-4-10-28-25(22)30-24)15-21(16-20)32-17-23-26-11-12-27-23/h1-4,6-7,9-10,14-16H,5,8,11-13,17H2,(H,26,27)(H,28,29,30). The number of benzene rings is 2. The molecule has 32 heavy (non-hydrogen) atoms. The van der Waals surface area contributed by atoms with E-state index < -0.39 is 0 Å². The predicted octanol–water partition coefficient (Wildman–Crippen LogP) is 4.02. The first-order valence-corrected chi connectivity index (χ1v) is 10.9. The van der Waals surface area contributed by atoms with Gasteiger partial charge in [-0.2, -0.15) is 0 Å². The van der Waals surface area contributed by atoms with Gasteiger partial charge in [-0.3, -0.25) is 4.99 Å². The van der Waals surface area contributed by atoms with E-state index in [9.17, 15) is 0 Å². The summed E-state index contributed by atoms with van der Waals surface area (Å²) < 4.78 is 12.1. The number of fused-ring (bicyclic) bond motifs is 1. The Bertz CT molecular complexity index is 1190. The lowest BCUT2D eigenvalue weighted by atomic mass is 10.1. The fourth-order valence-electron chi connectivity index (χ4n) is 3.66. The summed E-state index contributed by atoms with van der Waals surface area (Å²) in [4.78, 5) is 16.7. The van der Waals surface area contributed by atoms with E-state index in [0.29, 0.717) is 19.0 Å². The minimum absolute atomic E-state index is 0.401. The summed E-state index contributed by atoms with van der Waals surface area (Å²) in [6, 6.07) is 20.1. The summed E-state index contributed by atoms with van der Waals surface area (Å²) in [5.41, 5.74) is 3.78. The second-order valence-electron chi connectivity index (χ2n) is 7.63. The maximum atomic E-state index is 6.09. The van der Waals surface area contributed by atoms with E-state index in [1.165, 1.54) is 5.56 Å². The summed E-state index contributed by atoms with van der Waals surface area (Å²) in [6.07, 6.45) is 3.66. The van der Waals surface area contributed by atoms with Crippen LogP contribution in [0.15, 0.2) is 71.9 Å². The van der Waals surface area contributed by atoms with Crippen molar-refractivity contribution >= 4 is 17.0 Å². The smallest absolute Gasteiger partial charge is 0.157 e. The Morgan fingerprint density at radius 3 is 2.62 bits per heavy atom. The number of aromatic amines is 1. The first-order valence-electron chi connectivity index (χ1n) is 10.9. The van der Waals surface area contributed by atoms with Crippen LogP contribution in [0, 0.1) is 0 Å². The minimum Gasteiger partial charge on any atom is -0.493 e. The molecule has 7 heteroatoms. The molecule has 1 aliphatic rings. The molecule has 1 aliphatic heterocycles. The molecule has 7 nitrogen and oxygen atoms in total. The third-order valence-electron chi connectivity index (χ3n) is 5.25. The molecule has 0 radical (unpaired) electrons. The van der Waals surface area contributed by atoms with Crippen LogP contribution < -0.4 is 14.8 Å². The Hall–Kier alpha value is -3.87. The lowest BCUT2D eigenvalue weighted by Crippen LogP contribution is -2.24. The van der Waals surface area contributed by atoms with Gasteiger partial charge in [0.1, 0.15) is 35.3 Å². The quantitative estimate of drug-likeness (QED) is 0.394. The number of nitrogens with one attached hydrogen (secondary N) is 2. The van der Waals surface area contributed by atoms with E-state index in [0.717, 1.165) is 60.1 Å². The van der Waals surface area contributed by atoms with Crippen LogP contribution in [0.5, 0.6) is 11.5 Å². The van der Waals surface area contributed by atoms with Gasteiger partial charge in [0.15, 0.2) is 5.65 Å². The van der Waals surface area contributed by atoms with Crippen molar-refractivity contribution in [3.05, 3.63) is 72.4 Å². The molecule has 0 unspecified atom stereocenters. The second kappa shape index (κ2) is 9.51. The molecule has 0 aliphatic carbocycles. The highest BCUT2D eigenvalue weighted by Gasteiger charge is 2.12. The molecule has 2 aromatic carbocycles. The Kier molecular flexibility index (Phi) is 5.96. The van der Waals surface area contributed by atoms with Gasteiger partial charge in [0, 0.05) is 24.4 Å². The van der Waals surface area contributed by atoms with Gasteiger partial charge in [0.2, 0.25) is 0 Å². The topological polar surface area (TPSA) is 84.4 Å². The summed E-state index contributed by atoms with van der Waals surface area (Å²) in [5, 5.41) is 3.23. The van der Waals surface area contributed by atoms with Crippen molar-refractivity contribution in [2.24, 2.45) is 4.99 Å². The number of pyridine rings is 1. The zero-order valence-corrected chi connectivity index (χ0v) is 17.8. The van der Waals surface area contributed by atoms with Crippen molar-refractivity contribution in [1.82, 2.24) is 20.3 Å². The van der Waals surface area contributed by atoms with Crippen molar-refractivity contribution in [3.63, 3.8) is 0 Å². The number of aromatic nitrogens is 3. The lowest BCUT2D eigenvalue weighted by molar-refractivity contribution is 0.307. The zero-order valence-electron chi connectivity index (χ0n) is 17.8. The van der Waals surface area contributed by atoms with Crippen LogP contribution in [0.4, 0.5) is 0 Å². The van der Waals surface area contributed by atoms with Crippen LogP contribution in [0.3, 0.4) is 0 Å². The van der Waals surface area contributed by atoms with E-state index in [1.54, 1.807) is 6.20 Å². The summed E-state index contributed by atoms with van der Waals surface area (Å²) in [5.74, 6) is 3.06. The number of amidine groups is 1. The first-order chi connectivity index (χ1) is 15.8. The highest BCUT2D eigenvalue weighted by atomic mass is 16.5. The Labute approximate surface area is 186 Å². The molecule has 0 atom stereocenters. The normalized spacial score (nSPS) is 13.1. The van der Waals surface area contributed by atoms with Crippen LogP contribution >= 0.6 is 0 Å². The highest BCUT2D eigenvalue weighted by molar-refractivity contribution is 5.85. The predicted molar refractivity (Wildman–Crippen MR) is 125 cm³/mol. The van der Waals surface area contributed by atoms with Crippen LogP contribution in [-0.2, 0) is 6.42 Å². The number of hydrogen-bond acceptors (Lipinski definition) is 6. The Morgan fingerprint density at radius 2 is 1.81 bits per heavy atom. The molecule has 0 saturated carbocycles. The van der Waals surface area contributed by atoms with E-state index in [1.807, 2.05) is 36.4 Å². The van der Waals surface area contributed by atoms with Crippen LogP contribution in [0.2, 0.25) is 0 Å². The number of aliphatic imine (C=N–C) groups is 1. The third kappa shape index (κ3) is 4.88. The fourth-order valence-corrected chi connectivity index (χ4v) is 3.66. The van der Waals surface area contributed by atoms with Gasteiger partial charge in [0.25, 0.3) is 0 Å². The zero-order chi connectivity index (χ0) is 21.6. The van der Waals surface area contributed by atoms with Gasteiger partial charge in [-0.15, -0.1) is 0 Å². The van der Waals surface area contributed by atoms with Gasteiger partial charge in [-0.25, -0.2) is 9.97 Å². The highest BCUT2D eigenvalue weighted by Crippen LogP contribution is 2.30. The second-order valence-corrected chi connectivity index (χ2v) is 7.63. The molecule has 0 saturated heterocycles. The molecule has 3 heterocycles. The number of imidazole rings is 1. The number of aryl methyl sites for hydroxylation is 1.